The van der Waals surface area contributed by atoms with Crippen molar-refractivity contribution in [1.82, 2.24) is 14.3 Å². The third kappa shape index (κ3) is 4.71. The first-order valence-corrected chi connectivity index (χ1v) is 7.24. The molecule has 0 aromatic rings. The summed E-state index contributed by atoms with van der Waals surface area (Å²) in [7, 11) is -4.07. The third-order valence-corrected chi connectivity index (χ3v) is 4.38. The first kappa shape index (κ1) is 15.7. The number of nitrogens with zero attached hydrogens (tertiary/aromatic N) is 1. The second-order valence-corrected chi connectivity index (χ2v) is 5.85. The molecule has 0 aromatic heterocycles. The van der Waals surface area contributed by atoms with Gasteiger partial charge in [0.05, 0.1) is 0 Å². The summed E-state index contributed by atoms with van der Waals surface area (Å²) in [5, 5.41) is 2.99. The molecule has 0 aliphatic carbocycles. The summed E-state index contributed by atoms with van der Waals surface area (Å²) >= 11 is 0. The second kappa shape index (κ2) is 6.18. The molecular formula is C9H18F3N3O2S. The lowest BCUT2D eigenvalue weighted by Crippen LogP contribution is -2.53. The standard InChI is InChI=1S/C9H18F3N3O2S/c1-2-14-18(16,17)15(7-9(10,11)12)8-3-5-13-6-4-8/h8,13-14H,2-7H2,1H3. The Hall–Kier alpha value is -0.380. The van der Waals surface area contributed by atoms with Gasteiger partial charge >= 0.3 is 6.18 Å². The fourth-order valence-corrected chi connectivity index (χ4v) is 3.40. The highest BCUT2D eigenvalue weighted by Crippen LogP contribution is 2.23. The SMILES string of the molecule is CCNS(=O)(=O)N(CC(F)(F)F)C1CCNCC1. The summed E-state index contributed by atoms with van der Waals surface area (Å²) in [6.45, 7) is 1.22. The number of rotatable bonds is 5. The summed E-state index contributed by atoms with van der Waals surface area (Å²) in [5.41, 5.74) is 0. The maximum absolute atomic E-state index is 12.5. The van der Waals surface area contributed by atoms with Gasteiger partial charge in [-0.1, -0.05) is 6.92 Å². The molecule has 0 unspecified atom stereocenters. The fourth-order valence-electron chi connectivity index (χ4n) is 1.95. The van der Waals surface area contributed by atoms with Crippen LogP contribution in [0.15, 0.2) is 0 Å². The Morgan fingerprint density at radius 1 is 1.33 bits per heavy atom. The molecule has 0 saturated carbocycles. The maximum Gasteiger partial charge on any atom is 0.402 e. The van der Waals surface area contributed by atoms with Crippen LogP contribution in [0.1, 0.15) is 19.8 Å². The van der Waals surface area contributed by atoms with E-state index in [1.54, 1.807) is 0 Å². The Kier molecular flexibility index (Phi) is 5.38. The van der Waals surface area contributed by atoms with Crippen LogP contribution < -0.4 is 10.0 Å². The van der Waals surface area contributed by atoms with E-state index in [1.165, 1.54) is 6.92 Å². The highest BCUT2D eigenvalue weighted by Gasteiger charge is 2.40. The minimum absolute atomic E-state index is 0.0711. The van der Waals surface area contributed by atoms with E-state index in [-0.39, 0.29) is 6.54 Å². The van der Waals surface area contributed by atoms with Gasteiger partial charge in [0.15, 0.2) is 0 Å². The minimum Gasteiger partial charge on any atom is -0.317 e. The van der Waals surface area contributed by atoms with E-state index in [4.69, 9.17) is 0 Å². The zero-order valence-corrected chi connectivity index (χ0v) is 10.9. The summed E-state index contributed by atoms with van der Waals surface area (Å²) < 4.78 is 63.7. The molecule has 18 heavy (non-hydrogen) atoms. The molecule has 0 radical (unpaired) electrons. The molecule has 1 aliphatic rings. The van der Waals surface area contributed by atoms with E-state index in [0.29, 0.717) is 30.2 Å². The monoisotopic (exact) mass is 289 g/mol. The molecule has 2 N–H and O–H groups in total. The molecule has 1 saturated heterocycles. The molecular weight excluding hydrogens is 271 g/mol. The lowest BCUT2D eigenvalue weighted by molar-refractivity contribution is -0.140. The highest BCUT2D eigenvalue weighted by molar-refractivity contribution is 7.87. The number of piperidine rings is 1. The van der Waals surface area contributed by atoms with Crippen LogP contribution in [0.3, 0.4) is 0 Å². The van der Waals surface area contributed by atoms with Gasteiger partial charge in [-0.2, -0.15) is 25.9 Å². The molecule has 1 heterocycles. The van der Waals surface area contributed by atoms with Gasteiger partial charge in [-0.15, -0.1) is 0 Å². The van der Waals surface area contributed by atoms with Gasteiger partial charge in [0.25, 0.3) is 10.2 Å². The quantitative estimate of drug-likeness (QED) is 0.773. The van der Waals surface area contributed by atoms with Crippen LogP contribution in [-0.2, 0) is 10.2 Å². The van der Waals surface area contributed by atoms with Gasteiger partial charge in [-0.25, -0.2) is 4.72 Å². The van der Waals surface area contributed by atoms with Crippen molar-refractivity contribution in [3.63, 3.8) is 0 Å². The van der Waals surface area contributed by atoms with Crippen molar-refractivity contribution in [3.8, 4) is 0 Å². The Bertz CT molecular complexity index is 353. The van der Waals surface area contributed by atoms with Gasteiger partial charge in [-0.3, -0.25) is 0 Å². The normalized spacial score (nSPS) is 19.4. The average molecular weight is 289 g/mol. The Morgan fingerprint density at radius 3 is 2.33 bits per heavy atom. The number of hydrogen-bond acceptors (Lipinski definition) is 3. The first-order chi connectivity index (χ1) is 8.26. The van der Waals surface area contributed by atoms with Gasteiger partial charge < -0.3 is 5.32 Å². The molecule has 0 atom stereocenters. The lowest BCUT2D eigenvalue weighted by Gasteiger charge is -2.33. The summed E-state index contributed by atoms with van der Waals surface area (Å²) in [6, 6.07) is -0.600. The molecule has 0 bridgehead atoms. The van der Waals surface area contributed by atoms with Crippen LogP contribution >= 0.6 is 0 Å². The molecule has 108 valence electrons. The van der Waals surface area contributed by atoms with Crippen molar-refractivity contribution < 1.29 is 21.6 Å². The van der Waals surface area contributed by atoms with Crippen LogP contribution in [0, 0.1) is 0 Å². The van der Waals surface area contributed by atoms with Crippen LogP contribution in [0.5, 0.6) is 0 Å². The predicted octanol–water partition coefficient (Wildman–Crippen LogP) is 0.457. The summed E-state index contributed by atoms with van der Waals surface area (Å²) in [6.07, 6.45) is -3.76. The molecule has 9 heteroatoms. The van der Waals surface area contributed by atoms with Crippen molar-refractivity contribution in [2.45, 2.75) is 32.0 Å². The highest BCUT2D eigenvalue weighted by atomic mass is 32.2. The first-order valence-electron chi connectivity index (χ1n) is 5.80. The van der Waals surface area contributed by atoms with Crippen molar-refractivity contribution in [1.29, 1.82) is 0 Å². The maximum atomic E-state index is 12.5. The minimum atomic E-state index is -4.53. The van der Waals surface area contributed by atoms with Gasteiger partial charge in [-0.05, 0) is 25.9 Å². The van der Waals surface area contributed by atoms with Crippen LogP contribution in [0.2, 0.25) is 0 Å². The van der Waals surface area contributed by atoms with Gasteiger partial charge in [0, 0.05) is 12.6 Å². The van der Waals surface area contributed by atoms with E-state index >= 15 is 0 Å². The summed E-state index contributed by atoms with van der Waals surface area (Å²) in [5.74, 6) is 0. The van der Waals surface area contributed by atoms with Crippen molar-refractivity contribution in [3.05, 3.63) is 0 Å². The molecule has 1 aliphatic heterocycles. The topological polar surface area (TPSA) is 61.4 Å². The van der Waals surface area contributed by atoms with Crippen molar-refractivity contribution in [2.24, 2.45) is 0 Å². The number of alkyl halides is 3. The smallest absolute Gasteiger partial charge is 0.317 e. The molecule has 0 spiro atoms. The zero-order chi connectivity index (χ0) is 13.8. The Morgan fingerprint density at radius 2 is 1.89 bits per heavy atom. The van der Waals surface area contributed by atoms with Crippen LogP contribution in [0.4, 0.5) is 13.2 Å². The molecule has 1 rings (SSSR count). The Balaban J connectivity index is 2.86. The van der Waals surface area contributed by atoms with E-state index in [0.717, 1.165) is 0 Å². The van der Waals surface area contributed by atoms with E-state index < -0.39 is 29.0 Å². The number of nitrogens with one attached hydrogen (secondary N) is 2. The second-order valence-electron chi connectivity index (χ2n) is 4.14. The van der Waals surface area contributed by atoms with E-state index in [2.05, 4.69) is 10.0 Å². The number of hydrogen-bond donors (Lipinski definition) is 2. The Labute approximate surface area is 105 Å². The third-order valence-electron chi connectivity index (χ3n) is 2.69. The van der Waals surface area contributed by atoms with Crippen molar-refractivity contribution in [2.75, 3.05) is 26.2 Å². The predicted molar refractivity (Wildman–Crippen MR) is 61.2 cm³/mol. The molecule has 1 fully saturated rings. The summed E-state index contributed by atoms with van der Waals surface area (Å²) in [4.78, 5) is 0. The van der Waals surface area contributed by atoms with E-state index in [1.807, 2.05) is 0 Å². The average Bonchev–Trinajstić information content (AvgIpc) is 2.26. The van der Waals surface area contributed by atoms with E-state index in [9.17, 15) is 21.6 Å². The lowest BCUT2D eigenvalue weighted by atomic mass is 10.1. The van der Waals surface area contributed by atoms with Crippen LogP contribution in [0.25, 0.3) is 0 Å². The van der Waals surface area contributed by atoms with Gasteiger partial charge in [0.2, 0.25) is 0 Å². The molecule has 5 nitrogen and oxygen atoms in total. The number of halogens is 3. The fraction of sp³-hybridized carbons (Fsp3) is 1.00. The van der Waals surface area contributed by atoms with Gasteiger partial charge in [0.1, 0.15) is 6.54 Å². The largest absolute Gasteiger partial charge is 0.402 e. The molecule has 0 aromatic carbocycles. The van der Waals surface area contributed by atoms with Crippen LogP contribution in [-0.4, -0.2) is 51.1 Å². The zero-order valence-electron chi connectivity index (χ0n) is 10.1. The molecule has 0 amide bonds. The van der Waals surface area contributed by atoms with Crippen molar-refractivity contribution >= 4 is 10.2 Å².